The molecule has 1 heterocycles. The van der Waals surface area contributed by atoms with Gasteiger partial charge in [0.05, 0.1) is 18.1 Å². The molecular formula is C14H7BrN4O2. The van der Waals surface area contributed by atoms with Gasteiger partial charge >= 0.3 is 0 Å². The van der Waals surface area contributed by atoms with Crippen molar-refractivity contribution in [2.75, 3.05) is 0 Å². The molecule has 0 bridgehead atoms. The van der Waals surface area contributed by atoms with E-state index in [4.69, 9.17) is 5.73 Å². The normalized spacial score (nSPS) is 32.6. The molecule has 0 saturated heterocycles. The molecule has 7 heteroatoms. The second kappa shape index (κ2) is 4.00. The molecule has 3 atom stereocenters. The van der Waals surface area contributed by atoms with E-state index >= 15 is 0 Å². The standard InChI is InChI=1S/C14H7BrN4O2/c15-8-3-1-7(2-4-8)9(20)10-13(5-16)11(18)19-12(21)14(10,13)6-17/h1-4,10H,(H2,18,19,21)/t10-,13-,14-/m0/s1. The van der Waals surface area contributed by atoms with Crippen molar-refractivity contribution < 1.29 is 9.59 Å². The number of hydrogen-bond acceptors (Lipinski definition) is 5. The van der Waals surface area contributed by atoms with Crippen LogP contribution >= 0.6 is 15.9 Å². The van der Waals surface area contributed by atoms with Crippen molar-refractivity contribution in [3.63, 3.8) is 0 Å². The van der Waals surface area contributed by atoms with Crippen LogP contribution in [0.3, 0.4) is 0 Å². The first-order chi connectivity index (χ1) is 9.95. The van der Waals surface area contributed by atoms with Crippen LogP contribution in [0.1, 0.15) is 10.4 Å². The number of nitrogens with two attached hydrogens (primary N) is 1. The van der Waals surface area contributed by atoms with E-state index in [2.05, 4.69) is 20.9 Å². The monoisotopic (exact) mass is 342 g/mol. The van der Waals surface area contributed by atoms with Gasteiger partial charge in [-0.05, 0) is 12.1 Å². The maximum atomic E-state index is 12.6. The molecule has 1 amide bonds. The number of amidine groups is 1. The Hall–Kier alpha value is -2.51. The first-order valence-corrected chi connectivity index (χ1v) is 6.76. The number of halogens is 1. The van der Waals surface area contributed by atoms with Crippen LogP contribution in [-0.2, 0) is 4.79 Å². The van der Waals surface area contributed by atoms with Gasteiger partial charge < -0.3 is 5.73 Å². The molecule has 1 aromatic rings. The molecular weight excluding hydrogens is 336 g/mol. The second-order valence-electron chi connectivity index (χ2n) is 4.95. The molecule has 0 aromatic heterocycles. The van der Waals surface area contributed by atoms with Gasteiger partial charge in [0.2, 0.25) is 0 Å². The molecule has 1 aromatic carbocycles. The van der Waals surface area contributed by atoms with Crippen LogP contribution in [0.5, 0.6) is 0 Å². The summed E-state index contributed by atoms with van der Waals surface area (Å²) in [6, 6.07) is 10.1. The van der Waals surface area contributed by atoms with Crippen LogP contribution in [0.2, 0.25) is 0 Å². The van der Waals surface area contributed by atoms with E-state index in [-0.39, 0.29) is 5.84 Å². The number of nitriles is 2. The summed E-state index contributed by atoms with van der Waals surface area (Å²) in [5, 5.41) is 18.7. The fourth-order valence-corrected chi connectivity index (χ4v) is 3.25. The van der Waals surface area contributed by atoms with Crippen molar-refractivity contribution in [2.24, 2.45) is 27.5 Å². The SMILES string of the molecule is N#C[C@]12C(=O)N=C(N)[C@]1(C#N)[C@@H]2C(=O)c1ccc(Br)cc1. The highest BCUT2D eigenvalue weighted by Crippen LogP contribution is 2.72. The van der Waals surface area contributed by atoms with E-state index in [0.29, 0.717) is 5.56 Å². The summed E-state index contributed by atoms with van der Waals surface area (Å²) < 4.78 is 0.789. The lowest BCUT2D eigenvalue weighted by molar-refractivity contribution is -0.121. The van der Waals surface area contributed by atoms with E-state index < -0.39 is 28.4 Å². The van der Waals surface area contributed by atoms with Gasteiger partial charge in [-0.1, -0.05) is 28.1 Å². The third kappa shape index (κ3) is 1.32. The molecule has 102 valence electrons. The fourth-order valence-electron chi connectivity index (χ4n) is 2.99. The van der Waals surface area contributed by atoms with Crippen LogP contribution in [0.4, 0.5) is 0 Å². The van der Waals surface area contributed by atoms with Crippen LogP contribution in [0.15, 0.2) is 33.7 Å². The minimum absolute atomic E-state index is 0.244. The topological polar surface area (TPSA) is 120 Å². The zero-order valence-electron chi connectivity index (χ0n) is 10.5. The Kier molecular flexibility index (Phi) is 2.56. The lowest BCUT2D eigenvalue weighted by atomic mass is 9.97. The molecule has 0 unspecified atom stereocenters. The predicted molar refractivity (Wildman–Crippen MR) is 74.7 cm³/mol. The quantitative estimate of drug-likeness (QED) is 0.809. The average molecular weight is 343 g/mol. The Bertz CT molecular complexity index is 802. The smallest absolute Gasteiger partial charge is 0.270 e. The Labute approximate surface area is 128 Å². The number of ketones is 1. The summed E-state index contributed by atoms with van der Waals surface area (Å²) in [7, 11) is 0. The molecule has 0 spiro atoms. The summed E-state index contributed by atoms with van der Waals surface area (Å²) in [5.74, 6) is -2.59. The Morgan fingerprint density at radius 1 is 1.24 bits per heavy atom. The highest BCUT2D eigenvalue weighted by atomic mass is 79.9. The Morgan fingerprint density at radius 3 is 2.29 bits per heavy atom. The molecule has 1 aliphatic heterocycles. The highest BCUT2D eigenvalue weighted by Gasteiger charge is 2.90. The zero-order valence-corrected chi connectivity index (χ0v) is 12.1. The largest absolute Gasteiger partial charge is 0.386 e. The number of aliphatic imine (C=N–C) groups is 1. The molecule has 21 heavy (non-hydrogen) atoms. The Morgan fingerprint density at radius 2 is 1.81 bits per heavy atom. The third-order valence-corrected chi connectivity index (χ3v) is 4.64. The number of Topliss-reactive ketones (excluding diaryl/α,β-unsaturated/α-hetero) is 1. The van der Waals surface area contributed by atoms with E-state index in [1.165, 1.54) is 0 Å². The van der Waals surface area contributed by atoms with Gasteiger partial charge in [0.1, 0.15) is 5.84 Å². The number of nitrogens with zero attached hydrogens (tertiary/aromatic N) is 3. The average Bonchev–Trinajstić information content (AvgIpc) is 3.05. The molecule has 0 radical (unpaired) electrons. The summed E-state index contributed by atoms with van der Waals surface area (Å²) in [6.45, 7) is 0. The molecule has 3 rings (SSSR count). The van der Waals surface area contributed by atoms with Gasteiger partial charge in [-0.25, -0.2) is 0 Å². The van der Waals surface area contributed by atoms with Crippen molar-refractivity contribution in [3.8, 4) is 12.1 Å². The van der Waals surface area contributed by atoms with E-state index in [9.17, 15) is 20.1 Å². The van der Waals surface area contributed by atoms with Gasteiger partial charge in [0, 0.05) is 10.0 Å². The first-order valence-electron chi connectivity index (χ1n) is 5.97. The van der Waals surface area contributed by atoms with Crippen LogP contribution in [0, 0.1) is 39.4 Å². The zero-order chi connectivity index (χ0) is 15.4. The van der Waals surface area contributed by atoms with Gasteiger partial charge in [-0.3, -0.25) is 9.59 Å². The number of fused-ring (bicyclic) bond motifs is 1. The minimum atomic E-state index is -1.77. The number of carbonyl (C=O) groups excluding carboxylic acids is 2. The van der Waals surface area contributed by atoms with Crippen LogP contribution in [0.25, 0.3) is 0 Å². The lowest BCUT2D eigenvalue weighted by Gasteiger charge is -2.05. The number of benzene rings is 1. The van der Waals surface area contributed by atoms with Crippen LogP contribution < -0.4 is 5.73 Å². The van der Waals surface area contributed by atoms with Crippen molar-refractivity contribution in [1.29, 1.82) is 10.5 Å². The van der Waals surface area contributed by atoms with Gasteiger partial charge in [-0.15, -0.1) is 0 Å². The van der Waals surface area contributed by atoms with E-state index in [0.717, 1.165) is 4.47 Å². The first kappa shape index (κ1) is 13.5. The lowest BCUT2D eigenvalue weighted by Crippen LogP contribution is -2.27. The number of hydrogen-bond donors (Lipinski definition) is 1. The summed E-state index contributed by atoms with van der Waals surface area (Å²) >= 11 is 3.25. The summed E-state index contributed by atoms with van der Waals surface area (Å²) in [6.07, 6.45) is 0. The summed E-state index contributed by atoms with van der Waals surface area (Å²) in [4.78, 5) is 28.0. The summed E-state index contributed by atoms with van der Waals surface area (Å²) in [5.41, 5.74) is 2.57. The van der Waals surface area contributed by atoms with Crippen molar-refractivity contribution in [3.05, 3.63) is 34.3 Å². The van der Waals surface area contributed by atoms with E-state index in [1.807, 2.05) is 6.07 Å². The second-order valence-corrected chi connectivity index (χ2v) is 5.86. The maximum Gasteiger partial charge on any atom is 0.270 e. The number of rotatable bonds is 2. The van der Waals surface area contributed by atoms with Gasteiger partial charge in [-0.2, -0.15) is 15.5 Å². The van der Waals surface area contributed by atoms with Gasteiger partial charge in [0.15, 0.2) is 16.6 Å². The van der Waals surface area contributed by atoms with Crippen molar-refractivity contribution in [1.82, 2.24) is 0 Å². The third-order valence-electron chi connectivity index (χ3n) is 4.11. The molecule has 2 aliphatic rings. The molecule has 2 N–H and O–H groups in total. The highest BCUT2D eigenvalue weighted by molar-refractivity contribution is 9.10. The molecule has 1 saturated carbocycles. The maximum absolute atomic E-state index is 12.6. The van der Waals surface area contributed by atoms with Crippen molar-refractivity contribution in [2.45, 2.75) is 0 Å². The molecule has 1 fully saturated rings. The number of amides is 1. The molecule has 6 nitrogen and oxygen atoms in total. The van der Waals surface area contributed by atoms with Crippen molar-refractivity contribution >= 4 is 33.5 Å². The van der Waals surface area contributed by atoms with E-state index in [1.54, 1.807) is 30.3 Å². The van der Waals surface area contributed by atoms with Gasteiger partial charge in [0.25, 0.3) is 5.91 Å². The fraction of sp³-hybridized carbons (Fsp3) is 0.214. The minimum Gasteiger partial charge on any atom is -0.386 e. The number of carbonyl (C=O) groups is 2. The van der Waals surface area contributed by atoms with Crippen LogP contribution in [-0.4, -0.2) is 17.5 Å². The molecule has 1 aliphatic carbocycles. The predicted octanol–water partition coefficient (Wildman–Crippen LogP) is 1.18. The Balaban J connectivity index is 2.10.